The highest BCUT2D eigenvalue weighted by atomic mass is 16.7. The first-order chi connectivity index (χ1) is 14.9. The van der Waals surface area contributed by atoms with Crippen LogP contribution in [0.25, 0.3) is 0 Å². The predicted molar refractivity (Wildman–Crippen MR) is 113 cm³/mol. The first-order valence-electron chi connectivity index (χ1n) is 9.86. The van der Waals surface area contributed by atoms with Crippen molar-refractivity contribution in [3.05, 3.63) is 75.6 Å². The Balaban J connectivity index is 1.54. The first-order valence-corrected chi connectivity index (χ1v) is 9.86. The summed E-state index contributed by atoms with van der Waals surface area (Å²) in [5, 5.41) is 15.5. The van der Waals surface area contributed by atoms with E-state index in [9.17, 15) is 14.9 Å². The van der Waals surface area contributed by atoms with Crippen LogP contribution < -0.4 is 14.4 Å². The Hall–Kier alpha value is -3.88. The van der Waals surface area contributed by atoms with Crippen molar-refractivity contribution < 1.29 is 19.2 Å². The number of aryl methyl sites for hydroxylation is 2. The molecule has 1 aliphatic rings. The van der Waals surface area contributed by atoms with E-state index in [1.807, 2.05) is 48.5 Å². The van der Waals surface area contributed by atoms with Crippen molar-refractivity contribution in [2.75, 3.05) is 11.7 Å². The molecule has 0 bridgehead atoms. The topological polar surface area (TPSA) is 99.7 Å². The Morgan fingerprint density at radius 2 is 1.90 bits per heavy atom. The van der Waals surface area contributed by atoms with Gasteiger partial charge in [-0.3, -0.25) is 19.6 Å². The average Bonchev–Trinajstić information content (AvgIpc) is 3.33. The second-order valence-electron chi connectivity index (χ2n) is 7.25. The zero-order valence-electron chi connectivity index (χ0n) is 17.3. The molecule has 0 N–H and O–H groups in total. The molecule has 0 saturated heterocycles. The highest BCUT2D eigenvalue weighted by molar-refractivity contribution is 5.93. The third-order valence-corrected chi connectivity index (χ3v) is 5.21. The number of aromatic nitrogens is 2. The lowest BCUT2D eigenvalue weighted by Gasteiger charge is -2.23. The summed E-state index contributed by atoms with van der Waals surface area (Å²) < 4.78 is 12.3. The minimum absolute atomic E-state index is 0.00674. The van der Waals surface area contributed by atoms with Crippen molar-refractivity contribution in [2.24, 2.45) is 0 Å². The molecule has 3 aromatic rings. The van der Waals surface area contributed by atoms with Crippen LogP contribution in [0.3, 0.4) is 0 Å². The molecule has 4 rings (SSSR count). The van der Waals surface area contributed by atoms with Crippen molar-refractivity contribution in [1.29, 1.82) is 0 Å². The molecule has 31 heavy (non-hydrogen) atoms. The fourth-order valence-corrected chi connectivity index (χ4v) is 3.66. The number of amides is 1. The van der Waals surface area contributed by atoms with Gasteiger partial charge in [-0.05, 0) is 43.7 Å². The number of carbonyl (C=O) groups excluding carboxylic acids is 1. The van der Waals surface area contributed by atoms with Gasteiger partial charge in [0.15, 0.2) is 11.5 Å². The van der Waals surface area contributed by atoms with Gasteiger partial charge in [-0.2, -0.15) is 5.10 Å². The van der Waals surface area contributed by atoms with E-state index in [-0.39, 0.29) is 31.4 Å². The first kappa shape index (κ1) is 20.4. The SMILES string of the molecule is Cc1nn(CCC(=O)N(Cc2ccc3c(c2)OCO3)c2ccccc2)c(C)c1[N+](=O)[O-]. The van der Waals surface area contributed by atoms with Crippen LogP contribution in [-0.4, -0.2) is 27.4 Å². The molecule has 0 unspecified atom stereocenters. The number of hydrogen-bond acceptors (Lipinski definition) is 6. The fraction of sp³-hybridized carbons (Fsp3) is 0.273. The van der Waals surface area contributed by atoms with Crippen molar-refractivity contribution in [3.63, 3.8) is 0 Å². The Morgan fingerprint density at radius 1 is 1.16 bits per heavy atom. The van der Waals surface area contributed by atoms with Crippen LogP contribution >= 0.6 is 0 Å². The molecule has 2 aromatic carbocycles. The summed E-state index contributed by atoms with van der Waals surface area (Å²) >= 11 is 0. The standard InChI is InChI=1S/C22H22N4O5/c1-15-22(26(28)29)16(2)25(23-15)11-10-21(27)24(18-6-4-3-5-7-18)13-17-8-9-19-20(12-17)31-14-30-19/h3-9,12H,10-11,13-14H2,1-2H3. The van der Waals surface area contributed by atoms with Gasteiger partial charge in [0.1, 0.15) is 11.4 Å². The smallest absolute Gasteiger partial charge is 0.312 e. The molecule has 160 valence electrons. The van der Waals surface area contributed by atoms with E-state index in [2.05, 4.69) is 5.10 Å². The van der Waals surface area contributed by atoms with Crippen LogP contribution in [0.15, 0.2) is 48.5 Å². The summed E-state index contributed by atoms with van der Waals surface area (Å²) in [6.45, 7) is 4.04. The van der Waals surface area contributed by atoms with Gasteiger partial charge in [0.05, 0.1) is 18.0 Å². The van der Waals surface area contributed by atoms with Crippen LogP contribution in [0, 0.1) is 24.0 Å². The molecule has 1 amide bonds. The Labute approximate surface area is 179 Å². The molecule has 9 heteroatoms. The molecule has 2 heterocycles. The minimum Gasteiger partial charge on any atom is -0.454 e. The lowest BCUT2D eigenvalue weighted by molar-refractivity contribution is -0.386. The molecule has 1 aliphatic heterocycles. The molecule has 0 saturated carbocycles. The third-order valence-electron chi connectivity index (χ3n) is 5.21. The van der Waals surface area contributed by atoms with Gasteiger partial charge in [0.2, 0.25) is 12.7 Å². The molecule has 1 aromatic heterocycles. The van der Waals surface area contributed by atoms with Crippen LogP contribution in [-0.2, 0) is 17.9 Å². The summed E-state index contributed by atoms with van der Waals surface area (Å²) in [6, 6.07) is 15.0. The van der Waals surface area contributed by atoms with E-state index in [1.165, 1.54) is 4.68 Å². The Bertz CT molecular complexity index is 1130. The molecule has 0 atom stereocenters. The Kier molecular flexibility index (Phi) is 5.57. The van der Waals surface area contributed by atoms with Gasteiger partial charge in [0.25, 0.3) is 0 Å². The van der Waals surface area contributed by atoms with Gasteiger partial charge >= 0.3 is 5.69 Å². The zero-order valence-corrected chi connectivity index (χ0v) is 17.3. The zero-order chi connectivity index (χ0) is 22.0. The number of fused-ring (bicyclic) bond motifs is 1. The third kappa shape index (κ3) is 4.20. The van der Waals surface area contributed by atoms with Crippen molar-refractivity contribution in [3.8, 4) is 11.5 Å². The van der Waals surface area contributed by atoms with Gasteiger partial charge in [-0.1, -0.05) is 24.3 Å². The predicted octanol–water partition coefficient (Wildman–Crippen LogP) is 3.76. The van der Waals surface area contributed by atoms with Crippen molar-refractivity contribution in [2.45, 2.75) is 33.4 Å². The summed E-state index contributed by atoms with van der Waals surface area (Å²) in [7, 11) is 0. The van der Waals surface area contributed by atoms with Crippen LogP contribution in [0.5, 0.6) is 11.5 Å². The number of nitrogens with zero attached hydrogens (tertiary/aromatic N) is 4. The van der Waals surface area contributed by atoms with Crippen molar-refractivity contribution in [1.82, 2.24) is 9.78 Å². The lowest BCUT2D eigenvalue weighted by atomic mass is 10.1. The number of hydrogen-bond donors (Lipinski definition) is 0. The number of para-hydroxylation sites is 1. The van der Waals surface area contributed by atoms with E-state index >= 15 is 0 Å². The second-order valence-corrected chi connectivity index (χ2v) is 7.25. The van der Waals surface area contributed by atoms with Gasteiger partial charge < -0.3 is 14.4 Å². The summed E-state index contributed by atoms with van der Waals surface area (Å²) in [6.07, 6.45) is 0.151. The van der Waals surface area contributed by atoms with Crippen LogP contribution in [0.4, 0.5) is 11.4 Å². The van der Waals surface area contributed by atoms with E-state index in [4.69, 9.17) is 9.47 Å². The highest BCUT2D eigenvalue weighted by Gasteiger charge is 2.23. The quantitative estimate of drug-likeness (QED) is 0.425. The maximum absolute atomic E-state index is 13.2. The highest BCUT2D eigenvalue weighted by Crippen LogP contribution is 2.33. The van der Waals surface area contributed by atoms with Crippen LogP contribution in [0.1, 0.15) is 23.4 Å². The summed E-state index contributed by atoms with van der Waals surface area (Å²) in [4.78, 5) is 25.7. The molecule has 0 aliphatic carbocycles. The lowest BCUT2D eigenvalue weighted by Crippen LogP contribution is -2.31. The monoisotopic (exact) mass is 422 g/mol. The van der Waals surface area contributed by atoms with E-state index in [1.54, 1.807) is 18.7 Å². The average molecular weight is 422 g/mol. The summed E-state index contributed by atoms with van der Waals surface area (Å²) in [5.41, 5.74) is 2.45. The number of carbonyl (C=O) groups is 1. The normalized spacial score (nSPS) is 12.1. The molecule has 0 spiro atoms. The van der Waals surface area contributed by atoms with E-state index in [0.717, 1.165) is 11.3 Å². The van der Waals surface area contributed by atoms with E-state index < -0.39 is 4.92 Å². The molecular formula is C22H22N4O5. The van der Waals surface area contributed by atoms with Crippen LogP contribution in [0.2, 0.25) is 0 Å². The number of benzene rings is 2. The molecule has 9 nitrogen and oxygen atoms in total. The Morgan fingerprint density at radius 3 is 2.61 bits per heavy atom. The molecular weight excluding hydrogens is 400 g/mol. The van der Waals surface area contributed by atoms with Gasteiger partial charge in [0, 0.05) is 12.1 Å². The maximum atomic E-state index is 13.2. The number of nitro groups is 1. The largest absolute Gasteiger partial charge is 0.454 e. The number of ether oxygens (including phenoxy) is 2. The molecule has 0 fully saturated rings. The minimum atomic E-state index is -0.439. The maximum Gasteiger partial charge on any atom is 0.312 e. The van der Waals surface area contributed by atoms with E-state index in [0.29, 0.717) is 29.4 Å². The second kappa shape index (κ2) is 8.47. The van der Waals surface area contributed by atoms with Gasteiger partial charge in [-0.25, -0.2) is 0 Å². The van der Waals surface area contributed by atoms with Crippen molar-refractivity contribution >= 4 is 17.3 Å². The molecule has 0 radical (unpaired) electrons. The fourth-order valence-electron chi connectivity index (χ4n) is 3.66. The number of rotatable bonds is 7. The summed E-state index contributed by atoms with van der Waals surface area (Å²) in [5.74, 6) is 1.24. The number of anilines is 1. The van der Waals surface area contributed by atoms with Gasteiger partial charge in [-0.15, -0.1) is 0 Å².